The molecule has 0 spiro atoms. The minimum atomic E-state index is -3.65. The largest absolute Gasteiger partial charge is 0.497 e. The van der Waals surface area contributed by atoms with Gasteiger partial charge in [-0.1, -0.05) is 24.3 Å². The third kappa shape index (κ3) is 4.70. The average Bonchev–Trinajstić information content (AvgIpc) is 3.29. The Morgan fingerprint density at radius 1 is 1.14 bits per heavy atom. The molecule has 4 aromatic rings. The number of methoxy groups -OCH3 is 1. The number of ether oxygens (including phenoxy) is 1. The van der Waals surface area contributed by atoms with E-state index in [0.29, 0.717) is 17.3 Å². The highest BCUT2D eigenvalue weighted by molar-refractivity contribution is 7.89. The van der Waals surface area contributed by atoms with E-state index in [0.717, 1.165) is 48.1 Å². The number of sulfonamides is 1. The van der Waals surface area contributed by atoms with Crippen LogP contribution in [0.3, 0.4) is 0 Å². The molecule has 0 aliphatic carbocycles. The Hall–Kier alpha value is -3.54. The lowest BCUT2D eigenvalue weighted by molar-refractivity contribution is 0.354. The molecule has 2 aromatic heterocycles. The normalized spacial score (nSPS) is 16.4. The summed E-state index contributed by atoms with van der Waals surface area (Å²) in [7, 11) is -2.11. The van der Waals surface area contributed by atoms with Crippen molar-refractivity contribution in [2.45, 2.75) is 30.3 Å². The first-order valence-corrected chi connectivity index (χ1v) is 12.9. The number of aromatic nitrogens is 4. The molecule has 1 atom stereocenters. The molecule has 1 fully saturated rings. The number of nitrogens with two attached hydrogens (primary N) is 1. The van der Waals surface area contributed by atoms with Crippen molar-refractivity contribution in [3.05, 3.63) is 60.4 Å². The summed E-state index contributed by atoms with van der Waals surface area (Å²) < 4.78 is 34.9. The van der Waals surface area contributed by atoms with Gasteiger partial charge in [0.05, 0.1) is 23.4 Å². The number of anilines is 1. The van der Waals surface area contributed by atoms with Crippen molar-refractivity contribution in [2.75, 3.05) is 25.9 Å². The van der Waals surface area contributed by atoms with E-state index in [-0.39, 0.29) is 17.5 Å². The Morgan fingerprint density at radius 2 is 1.91 bits per heavy atom. The third-order valence-electron chi connectivity index (χ3n) is 6.20. The molecule has 1 unspecified atom stereocenters. The van der Waals surface area contributed by atoms with E-state index in [1.807, 2.05) is 28.9 Å². The maximum absolute atomic E-state index is 12.6. The number of benzene rings is 2. The van der Waals surface area contributed by atoms with Crippen LogP contribution in [-0.4, -0.2) is 48.4 Å². The highest BCUT2D eigenvalue weighted by Gasteiger charge is 2.23. The van der Waals surface area contributed by atoms with Gasteiger partial charge in [-0.15, -0.1) is 0 Å². The molecule has 2 aromatic carbocycles. The van der Waals surface area contributed by atoms with Crippen molar-refractivity contribution in [3.8, 4) is 17.0 Å². The predicted molar refractivity (Wildman–Crippen MR) is 133 cm³/mol. The summed E-state index contributed by atoms with van der Waals surface area (Å²) in [5.74, 6) is 0.983. The molecule has 1 aliphatic heterocycles. The molecule has 182 valence electrons. The zero-order valence-electron chi connectivity index (χ0n) is 19.3. The molecule has 10 nitrogen and oxygen atoms in total. The van der Waals surface area contributed by atoms with Crippen molar-refractivity contribution in [2.24, 2.45) is 0 Å². The van der Waals surface area contributed by atoms with Crippen LogP contribution >= 0.6 is 0 Å². The van der Waals surface area contributed by atoms with Crippen LogP contribution in [-0.2, 0) is 16.6 Å². The predicted octanol–water partition coefficient (Wildman–Crippen LogP) is 2.49. The first-order valence-electron chi connectivity index (χ1n) is 11.4. The quantitative estimate of drug-likeness (QED) is 0.357. The van der Waals surface area contributed by atoms with Crippen LogP contribution in [0.4, 0.5) is 5.82 Å². The maximum Gasteiger partial charge on any atom is 0.240 e. The highest BCUT2D eigenvalue weighted by atomic mass is 32.2. The topological polar surface area (TPSA) is 137 Å². The van der Waals surface area contributed by atoms with Gasteiger partial charge in [-0.25, -0.2) is 27.8 Å². The summed E-state index contributed by atoms with van der Waals surface area (Å²) in [6.07, 6.45) is 3.55. The first kappa shape index (κ1) is 23.2. The van der Waals surface area contributed by atoms with Gasteiger partial charge in [0.25, 0.3) is 0 Å². The Morgan fingerprint density at radius 3 is 2.60 bits per heavy atom. The summed E-state index contributed by atoms with van der Waals surface area (Å²) in [5, 5.41) is 9.03. The van der Waals surface area contributed by atoms with Crippen molar-refractivity contribution in [1.29, 1.82) is 0 Å². The number of piperidine rings is 1. The third-order valence-corrected chi connectivity index (χ3v) is 7.62. The highest BCUT2D eigenvalue weighted by Crippen LogP contribution is 2.33. The molecule has 0 saturated carbocycles. The molecule has 35 heavy (non-hydrogen) atoms. The Balaban J connectivity index is 1.38. The van der Waals surface area contributed by atoms with Crippen LogP contribution in [0, 0.1) is 0 Å². The Bertz CT molecular complexity index is 1430. The molecule has 1 saturated heterocycles. The van der Waals surface area contributed by atoms with E-state index in [4.69, 9.17) is 15.6 Å². The molecule has 0 bridgehead atoms. The number of fused-ring (bicyclic) bond motifs is 1. The van der Waals surface area contributed by atoms with Gasteiger partial charge in [-0.05, 0) is 49.2 Å². The van der Waals surface area contributed by atoms with Crippen molar-refractivity contribution in [3.63, 3.8) is 0 Å². The van der Waals surface area contributed by atoms with Crippen LogP contribution in [0.15, 0.2) is 59.8 Å². The van der Waals surface area contributed by atoms with Crippen molar-refractivity contribution >= 4 is 26.9 Å². The minimum Gasteiger partial charge on any atom is -0.497 e. The maximum atomic E-state index is 12.6. The van der Waals surface area contributed by atoms with E-state index in [9.17, 15) is 8.42 Å². The number of nitrogens with zero attached hydrogens (tertiary/aromatic N) is 4. The van der Waals surface area contributed by atoms with E-state index in [1.165, 1.54) is 25.6 Å². The van der Waals surface area contributed by atoms with Crippen LogP contribution < -0.4 is 20.5 Å². The first-order chi connectivity index (χ1) is 17.0. The Kier molecular flexibility index (Phi) is 6.37. The second-order valence-electron chi connectivity index (χ2n) is 8.45. The van der Waals surface area contributed by atoms with Gasteiger partial charge in [0.2, 0.25) is 10.0 Å². The fourth-order valence-corrected chi connectivity index (χ4v) is 5.31. The molecule has 3 heterocycles. The standard InChI is InChI=1S/C24H27N7O3S/c1-34-19-8-10-20(11-9-19)35(32,33)29-13-16-4-6-17(7-5-16)22-21-23(25)27-15-28-24(21)31(30-22)18-3-2-12-26-14-18/h4-11,15,18,26,29H,2-3,12-14H2,1H3,(H2,25,27,28). The SMILES string of the molecule is COc1ccc(S(=O)(=O)NCc2ccc(-c3nn(C4CCCNC4)c4ncnc(N)c34)cc2)cc1. The minimum absolute atomic E-state index is 0.156. The molecule has 5 rings (SSSR count). The van der Waals surface area contributed by atoms with Crippen LogP contribution in [0.1, 0.15) is 24.4 Å². The van der Waals surface area contributed by atoms with E-state index >= 15 is 0 Å². The number of nitrogen functional groups attached to an aromatic ring is 1. The van der Waals surface area contributed by atoms with E-state index in [2.05, 4.69) is 20.0 Å². The van der Waals surface area contributed by atoms with Gasteiger partial charge in [0.15, 0.2) is 5.65 Å². The van der Waals surface area contributed by atoms with Crippen molar-refractivity contribution < 1.29 is 13.2 Å². The average molecular weight is 494 g/mol. The lowest BCUT2D eigenvalue weighted by Crippen LogP contribution is -2.32. The van der Waals surface area contributed by atoms with Gasteiger partial charge in [-0.3, -0.25) is 0 Å². The number of hydrogen-bond donors (Lipinski definition) is 3. The van der Waals surface area contributed by atoms with E-state index in [1.54, 1.807) is 12.1 Å². The summed E-state index contributed by atoms with van der Waals surface area (Å²) in [4.78, 5) is 8.83. The molecule has 4 N–H and O–H groups in total. The van der Waals surface area contributed by atoms with Crippen LogP contribution in [0.25, 0.3) is 22.3 Å². The second-order valence-corrected chi connectivity index (χ2v) is 10.2. The summed E-state index contributed by atoms with van der Waals surface area (Å²) >= 11 is 0. The summed E-state index contributed by atoms with van der Waals surface area (Å²) in [5.41, 5.74) is 9.35. The molecule has 11 heteroatoms. The lowest BCUT2D eigenvalue weighted by atomic mass is 10.1. The fraction of sp³-hybridized carbons (Fsp3) is 0.292. The van der Waals surface area contributed by atoms with Gasteiger partial charge >= 0.3 is 0 Å². The molecule has 1 aliphatic rings. The zero-order chi connectivity index (χ0) is 24.4. The van der Waals surface area contributed by atoms with Gasteiger partial charge in [0.1, 0.15) is 23.6 Å². The molecular formula is C24H27N7O3S. The Labute approximate surface area is 203 Å². The number of hydrogen-bond acceptors (Lipinski definition) is 8. The molecular weight excluding hydrogens is 466 g/mol. The lowest BCUT2D eigenvalue weighted by Gasteiger charge is -2.23. The number of nitrogens with one attached hydrogen (secondary N) is 2. The van der Waals surface area contributed by atoms with E-state index < -0.39 is 10.0 Å². The fourth-order valence-electron chi connectivity index (χ4n) is 4.29. The smallest absolute Gasteiger partial charge is 0.240 e. The zero-order valence-corrected chi connectivity index (χ0v) is 20.1. The summed E-state index contributed by atoms with van der Waals surface area (Å²) in [6, 6.07) is 14.0. The molecule has 0 amide bonds. The monoisotopic (exact) mass is 493 g/mol. The number of rotatable bonds is 7. The second kappa shape index (κ2) is 9.61. The van der Waals surface area contributed by atoms with Gasteiger partial charge in [-0.2, -0.15) is 5.10 Å². The summed E-state index contributed by atoms with van der Waals surface area (Å²) in [6.45, 7) is 1.99. The molecule has 0 radical (unpaired) electrons. The van der Waals surface area contributed by atoms with Crippen molar-refractivity contribution in [1.82, 2.24) is 29.8 Å². The van der Waals surface area contributed by atoms with Crippen LogP contribution in [0.5, 0.6) is 5.75 Å². The van der Waals surface area contributed by atoms with Gasteiger partial charge in [0, 0.05) is 18.7 Å². The van der Waals surface area contributed by atoms with Gasteiger partial charge < -0.3 is 15.8 Å². The van der Waals surface area contributed by atoms with Crippen LogP contribution in [0.2, 0.25) is 0 Å².